The molecule has 0 saturated heterocycles. The predicted octanol–water partition coefficient (Wildman–Crippen LogP) is 3.14. The van der Waals surface area contributed by atoms with E-state index in [1.807, 2.05) is 11.8 Å². The fourth-order valence-electron chi connectivity index (χ4n) is 2.27. The zero-order valence-electron chi connectivity index (χ0n) is 10.9. The van der Waals surface area contributed by atoms with E-state index >= 15 is 0 Å². The van der Waals surface area contributed by atoms with Crippen molar-refractivity contribution < 1.29 is 4.79 Å². The highest BCUT2D eigenvalue weighted by Gasteiger charge is 2.24. The van der Waals surface area contributed by atoms with Gasteiger partial charge in [0.25, 0.3) is 0 Å². The van der Waals surface area contributed by atoms with Gasteiger partial charge in [0.15, 0.2) is 0 Å². The topological polar surface area (TPSA) is 41.1 Å². The van der Waals surface area contributed by atoms with Crippen LogP contribution in [0.3, 0.4) is 0 Å². The Kier molecular flexibility index (Phi) is 4.95. The number of urea groups is 1. The highest BCUT2D eigenvalue weighted by molar-refractivity contribution is 7.99. The third-order valence-electron chi connectivity index (χ3n) is 3.43. The lowest BCUT2D eigenvalue weighted by molar-refractivity contribution is 0.237. The first-order valence-electron chi connectivity index (χ1n) is 6.29. The molecule has 2 amide bonds. The maximum absolute atomic E-state index is 11.8. The third-order valence-corrected chi connectivity index (χ3v) is 5.55. The zero-order chi connectivity index (χ0) is 13.0. The summed E-state index contributed by atoms with van der Waals surface area (Å²) in [6.07, 6.45) is 5.58. The van der Waals surface area contributed by atoms with Crippen LogP contribution in [0.5, 0.6) is 0 Å². The molecule has 1 aromatic rings. The molecule has 0 bridgehead atoms. The number of aryl methyl sites for hydroxylation is 1. The molecule has 2 N–H and O–H groups in total. The molecule has 1 heterocycles. The van der Waals surface area contributed by atoms with Crippen molar-refractivity contribution in [3.8, 4) is 0 Å². The van der Waals surface area contributed by atoms with Crippen LogP contribution in [-0.2, 0) is 6.54 Å². The average Bonchev–Trinajstić information content (AvgIpc) is 2.96. The molecule has 0 aliphatic heterocycles. The Morgan fingerprint density at radius 2 is 2.39 bits per heavy atom. The summed E-state index contributed by atoms with van der Waals surface area (Å²) in [6, 6.07) is 2.40. The fourth-order valence-corrected chi connectivity index (χ4v) is 3.91. The van der Waals surface area contributed by atoms with E-state index in [0.717, 1.165) is 18.1 Å². The van der Waals surface area contributed by atoms with Crippen LogP contribution in [0.25, 0.3) is 0 Å². The number of carbonyl (C=O) groups is 1. The Morgan fingerprint density at radius 1 is 1.56 bits per heavy atom. The van der Waals surface area contributed by atoms with E-state index in [9.17, 15) is 4.79 Å². The summed E-state index contributed by atoms with van der Waals surface area (Å²) in [4.78, 5) is 13.0. The molecule has 3 nitrogen and oxygen atoms in total. The maximum Gasteiger partial charge on any atom is 0.315 e. The van der Waals surface area contributed by atoms with Crippen molar-refractivity contribution in [2.75, 3.05) is 6.26 Å². The summed E-state index contributed by atoms with van der Waals surface area (Å²) in [6.45, 7) is 2.71. The molecule has 2 rings (SSSR count). The van der Waals surface area contributed by atoms with Crippen LogP contribution in [0.15, 0.2) is 11.4 Å². The van der Waals surface area contributed by atoms with Gasteiger partial charge in [-0.25, -0.2) is 4.79 Å². The number of carbonyl (C=O) groups excluding carboxylic acids is 1. The SMILES string of the molecule is CSC1CCC(NC(=O)NCc2sccc2C)C1. The lowest BCUT2D eigenvalue weighted by Gasteiger charge is -2.13. The molecule has 0 spiro atoms. The third kappa shape index (κ3) is 3.65. The van der Waals surface area contributed by atoms with E-state index < -0.39 is 0 Å². The van der Waals surface area contributed by atoms with Crippen LogP contribution in [0, 0.1) is 6.92 Å². The number of thioether (sulfide) groups is 1. The van der Waals surface area contributed by atoms with E-state index in [-0.39, 0.29) is 6.03 Å². The van der Waals surface area contributed by atoms with Gasteiger partial charge in [0.2, 0.25) is 0 Å². The Morgan fingerprint density at radius 3 is 3.00 bits per heavy atom. The largest absolute Gasteiger partial charge is 0.335 e. The van der Waals surface area contributed by atoms with Crippen molar-refractivity contribution in [3.63, 3.8) is 0 Å². The molecule has 1 aromatic heterocycles. The number of hydrogen-bond acceptors (Lipinski definition) is 3. The number of hydrogen-bond donors (Lipinski definition) is 2. The summed E-state index contributed by atoms with van der Waals surface area (Å²) >= 11 is 3.60. The van der Waals surface area contributed by atoms with Crippen LogP contribution in [0.1, 0.15) is 29.7 Å². The van der Waals surface area contributed by atoms with E-state index in [2.05, 4.69) is 35.3 Å². The molecule has 2 atom stereocenters. The van der Waals surface area contributed by atoms with E-state index in [4.69, 9.17) is 0 Å². The summed E-state index contributed by atoms with van der Waals surface area (Å²) in [7, 11) is 0. The summed E-state index contributed by atoms with van der Waals surface area (Å²) in [5, 5.41) is 8.78. The normalized spacial score (nSPS) is 23.0. The molecule has 1 saturated carbocycles. The Balaban J connectivity index is 1.71. The van der Waals surface area contributed by atoms with Crippen LogP contribution in [0.2, 0.25) is 0 Å². The molecule has 2 unspecified atom stereocenters. The Labute approximate surface area is 117 Å². The van der Waals surface area contributed by atoms with Crippen LogP contribution in [-0.4, -0.2) is 23.6 Å². The second-order valence-electron chi connectivity index (χ2n) is 4.72. The molecule has 100 valence electrons. The standard InChI is InChI=1S/C13H20N2OS2/c1-9-5-6-18-12(9)8-14-13(16)15-10-3-4-11(7-10)17-2/h5-6,10-11H,3-4,7-8H2,1-2H3,(H2,14,15,16). The molecule has 1 aliphatic carbocycles. The van der Waals surface area contributed by atoms with E-state index in [1.165, 1.54) is 16.9 Å². The van der Waals surface area contributed by atoms with Crippen LogP contribution < -0.4 is 10.6 Å². The maximum atomic E-state index is 11.8. The van der Waals surface area contributed by atoms with Gasteiger partial charge in [-0.05, 0) is 49.5 Å². The average molecular weight is 284 g/mol. The molecule has 0 aromatic carbocycles. The summed E-state index contributed by atoms with van der Waals surface area (Å²) < 4.78 is 0. The molecule has 5 heteroatoms. The lowest BCUT2D eigenvalue weighted by Crippen LogP contribution is -2.40. The zero-order valence-corrected chi connectivity index (χ0v) is 12.5. The molecular formula is C13H20N2OS2. The minimum absolute atomic E-state index is 0.0328. The van der Waals surface area contributed by atoms with Gasteiger partial charge in [0.1, 0.15) is 0 Å². The minimum Gasteiger partial charge on any atom is -0.335 e. The van der Waals surface area contributed by atoms with Gasteiger partial charge in [-0.15, -0.1) is 11.3 Å². The van der Waals surface area contributed by atoms with Crippen molar-refractivity contribution in [3.05, 3.63) is 21.9 Å². The van der Waals surface area contributed by atoms with Gasteiger partial charge >= 0.3 is 6.03 Å². The molecular weight excluding hydrogens is 264 g/mol. The van der Waals surface area contributed by atoms with Gasteiger partial charge in [0, 0.05) is 16.2 Å². The number of nitrogens with one attached hydrogen (secondary N) is 2. The van der Waals surface area contributed by atoms with Gasteiger partial charge in [0.05, 0.1) is 6.54 Å². The van der Waals surface area contributed by atoms with Gasteiger partial charge in [-0.1, -0.05) is 0 Å². The van der Waals surface area contributed by atoms with Crippen molar-refractivity contribution >= 4 is 29.1 Å². The fraction of sp³-hybridized carbons (Fsp3) is 0.615. The molecule has 1 aliphatic rings. The van der Waals surface area contributed by atoms with E-state index in [1.54, 1.807) is 11.3 Å². The minimum atomic E-state index is -0.0328. The second-order valence-corrected chi connectivity index (χ2v) is 6.86. The number of thiophene rings is 1. The molecule has 0 radical (unpaired) electrons. The molecule has 1 fully saturated rings. The van der Waals surface area contributed by atoms with Crippen molar-refractivity contribution in [1.29, 1.82) is 0 Å². The smallest absolute Gasteiger partial charge is 0.315 e. The summed E-state index contributed by atoms with van der Waals surface area (Å²) in [5.41, 5.74) is 1.25. The van der Waals surface area contributed by atoms with Gasteiger partial charge < -0.3 is 10.6 Å². The summed E-state index contributed by atoms with van der Waals surface area (Å²) in [5.74, 6) is 0. The Bertz CT molecular complexity index is 405. The van der Waals surface area contributed by atoms with Gasteiger partial charge in [-0.2, -0.15) is 11.8 Å². The first-order chi connectivity index (χ1) is 8.69. The predicted molar refractivity (Wildman–Crippen MR) is 79.4 cm³/mol. The highest BCUT2D eigenvalue weighted by atomic mass is 32.2. The van der Waals surface area contributed by atoms with Crippen LogP contribution >= 0.6 is 23.1 Å². The van der Waals surface area contributed by atoms with Crippen molar-refractivity contribution in [1.82, 2.24) is 10.6 Å². The van der Waals surface area contributed by atoms with Crippen molar-refractivity contribution in [2.24, 2.45) is 0 Å². The second kappa shape index (κ2) is 6.48. The number of rotatable bonds is 4. The monoisotopic (exact) mass is 284 g/mol. The first kappa shape index (κ1) is 13.7. The first-order valence-corrected chi connectivity index (χ1v) is 8.46. The Hall–Kier alpha value is -0.680. The van der Waals surface area contributed by atoms with E-state index in [0.29, 0.717) is 12.6 Å². The van der Waals surface area contributed by atoms with Crippen LogP contribution in [0.4, 0.5) is 4.79 Å². The lowest BCUT2D eigenvalue weighted by atomic mass is 10.2. The quantitative estimate of drug-likeness (QED) is 0.892. The van der Waals surface area contributed by atoms with Gasteiger partial charge in [-0.3, -0.25) is 0 Å². The molecule has 18 heavy (non-hydrogen) atoms. The number of amides is 2. The highest BCUT2D eigenvalue weighted by Crippen LogP contribution is 2.28. The van der Waals surface area contributed by atoms with Crippen molar-refractivity contribution in [2.45, 2.75) is 44.0 Å².